The van der Waals surface area contributed by atoms with Gasteiger partial charge in [-0.05, 0) is 44.6 Å². The first-order chi connectivity index (χ1) is 16.4. The number of ether oxygens (including phenoxy) is 1. The van der Waals surface area contributed by atoms with Crippen LogP contribution in [0.4, 0.5) is 0 Å². The highest BCUT2D eigenvalue weighted by Gasteiger charge is 2.21. The van der Waals surface area contributed by atoms with Gasteiger partial charge in [0, 0.05) is 38.5 Å². The summed E-state index contributed by atoms with van der Waals surface area (Å²) >= 11 is 0. The lowest BCUT2D eigenvalue weighted by atomic mass is 9.87. The Kier molecular flexibility index (Phi) is 23.3. The second kappa shape index (κ2) is 23.6. The van der Waals surface area contributed by atoms with E-state index in [9.17, 15) is 14.4 Å². The average molecular weight is 474 g/mol. The minimum Gasteiger partial charge on any atom is -0.380 e. The number of allylic oxidation sites excluding steroid dienone is 6. The van der Waals surface area contributed by atoms with E-state index < -0.39 is 0 Å². The summed E-state index contributed by atoms with van der Waals surface area (Å²) in [7, 11) is 0. The molecular formula is C29H47NO4. The molecule has 0 aromatic heterocycles. The van der Waals surface area contributed by atoms with Gasteiger partial charge in [-0.15, -0.1) is 5.73 Å². The molecular weight excluding hydrogens is 426 g/mol. The molecule has 0 heterocycles. The molecule has 5 nitrogen and oxygen atoms in total. The lowest BCUT2D eigenvalue weighted by molar-refractivity contribution is -0.118. The van der Waals surface area contributed by atoms with E-state index in [1.54, 1.807) is 12.2 Å². The van der Waals surface area contributed by atoms with Gasteiger partial charge >= 0.3 is 0 Å². The average Bonchev–Trinajstić information content (AvgIpc) is 2.84. The zero-order valence-corrected chi connectivity index (χ0v) is 22.0. The minimum absolute atomic E-state index is 0. The molecule has 0 spiro atoms. The highest BCUT2D eigenvalue weighted by Crippen LogP contribution is 2.24. The largest absolute Gasteiger partial charge is 0.380 e. The number of aldehydes is 1. The summed E-state index contributed by atoms with van der Waals surface area (Å²) in [6.07, 6.45) is 13.4. The van der Waals surface area contributed by atoms with Gasteiger partial charge in [0.1, 0.15) is 6.29 Å². The lowest BCUT2D eigenvalue weighted by Gasteiger charge is -2.16. The Labute approximate surface area is 208 Å². The van der Waals surface area contributed by atoms with Crippen LogP contribution in [-0.2, 0) is 19.1 Å². The quantitative estimate of drug-likeness (QED) is 0.0610. The smallest absolute Gasteiger partial charge is 0.164 e. The molecule has 34 heavy (non-hydrogen) atoms. The third-order valence-corrected chi connectivity index (χ3v) is 4.92. The normalized spacial score (nSPS) is 12.1. The van der Waals surface area contributed by atoms with Crippen LogP contribution in [0.1, 0.15) is 68.1 Å². The van der Waals surface area contributed by atoms with Crippen LogP contribution in [0.3, 0.4) is 0 Å². The Morgan fingerprint density at radius 2 is 1.82 bits per heavy atom. The molecule has 0 saturated heterocycles. The summed E-state index contributed by atoms with van der Waals surface area (Å²) in [5.74, 6) is -0.571. The molecule has 1 unspecified atom stereocenters. The van der Waals surface area contributed by atoms with Crippen LogP contribution in [0.15, 0.2) is 66.0 Å². The van der Waals surface area contributed by atoms with E-state index in [2.05, 4.69) is 43.3 Å². The molecule has 1 N–H and O–H groups in total. The Morgan fingerprint density at radius 3 is 2.41 bits per heavy atom. The fraction of sp³-hybridized carbons (Fsp3) is 0.517. The predicted molar refractivity (Wildman–Crippen MR) is 145 cm³/mol. The fourth-order valence-corrected chi connectivity index (χ4v) is 2.87. The van der Waals surface area contributed by atoms with E-state index in [1.165, 1.54) is 6.92 Å². The van der Waals surface area contributed by atoms with E-state index in [0.29, 0.717) is 38.2 Å². The summed E-state index contributed by atoms with van der Waals surface area (Å²) in [6, 6.07) is 0. The number of rotatable bonds is 19. The summed E-state index contributed by atoms with van der Waals surface area (Å²) in [5.41, 5.74) is 4.13. The highest BCUT2D eigenvalue weighted by atomic mass is 16.5. The van der Waals surface area contributed by atoms with Crippen LogP contribution < -0.4 is 5.32 Å². The Hall–Kier alpha value is -2.59. The number of carbonyl (C=O) groups excluding carboxylic acids is 3. The number of hydrogen-bond donors (Lipinski definition) is 1. The Bertz CT molecular complexity index is 759. The molecule has 192 valence electrons. The predicted octanol–water partition coefficient (Wildman–Crippen LogP) is 6.13. The topological polar surface area (TPSA) is 72.5 Å². The number of nitrogens with one attached hydrogen (secondary N) is 1. The van der Waals surface area contributed by atoms with E-state index >= 15 is 0 Å². The maximum Gasteiger partial charge on any atom is 0.164 e. The molecule has 1 atom stereocenters. The van der Waals surface area contributed by atoms with Gasteiger partial charge in [0.05, 0.1) is 13.2 Å². The maximum atomic E-state index is 12.9. The summed E-state index contributed by atoms with van der Waals surface area (Å²) in [6.45, 7) is 19.5. The van der Waals surface area contributed by atoms with E-state index in [1.807, 2.05) is 26.8 Å². The molecule has 0 bridgehead atoms. The molecule has 0 amide bonds. The zero-order valence-electron chi connectivity index (χ0n) is 22.0. The third-order valence-electron chi connectivity index (χ3n) is 4.92. The molecule has 0 radical (unpaired) electrons. The standard InChI is InChI=1S/C27H39NO4.C2H6.H2/c1-6-8-9-12-19-32-20-17-28-16-11-10-15-26(23(4)24(5)30)27(31)21-25(14-13-18-29)22(3)7-2;1-2;/h8-11,15,18,25,28H,2,4,6,12-14,16-17,19-21H2,1,3,5H3;1-2H3;1H/b9-8-,11-10-,26-15+;;. The van der Waals surface area contributed by atoms with Crippen LogP contribution in [-0.4, -0.2) is 44.2 Å². The van der Waals surface area contributed by atoms with Gasteiger partial charge in [-0.25, -0.2) is 0 Å². The monoisotopic (exact) mass is 473 g/mol. The Morgan fingerprint density at radius 1 is 1.12 bits per heavy atom. The van der Waals surface area contributed by atoms with Gasteiger partial charge in [0.15, 0.2) is 11.6 Å². The molecule has 0 aromatic carbocycles. The first-order valence-electron chi connectivity index (χ1n) is 12.2. The van der Waals surface area contributed by atoms with Gasteiger partial charge in [-0.3, -0.25) is 9.59 Å². The number of ketones is 2. The van der Waals surface area contributed by atoms with Crippen molar-refractivity contribution in [2.75, 3.05) is 26.3 Å². The van der Waals surface area contributed by atoms with Crippen molar-refractivity contribution in [1.82, 2.24) is 5.32 Å². The van der Waals surface area contributed by atoms with Gasteiger partial charge in [0.2, 0.25) is 0 Å². The minimum atomic E-state index is -0.248. The Balaban J connectivity index is -0.00000332. The van der Waals surface area contributed by atoms with Crippen molar-refractivity contribution >= 4 is 17.9 Å². The van der Waals surface area contributed by atoms with Crippen LogP contribution in [0, 0.1) is 5.92 Å². The van der Waals surface area contributed by atoms with Crippen molar-refractivity contribution in [3.05, 3.63) is 66.0 Å². The van der Waals surface area contributed by atoms with Gasteiger partial charge in [0.25, 0.3) is 0 Å². The second-order valence-corrected chi connectivity index (χ2v) is 7.46. The van der Waals surface area contributed by atoms with Gasteiger partial charge < -0.3 is 14.8 Å². The van der Waals surface area contributed by atoms with E-state index in [-0.39, 0.29) is 30.9 Å². The van der Waals surface area contributed by atoms with E-state index in [4.69, 9.17) is 4.74 Å². The van der Waals surface area contributed by atoms with Crippen molar-refractivity contribution < 1.29 is 20.5 Å². The zero-order chi connectivity index (χ0) is 26.2. The van der Waals surface area contributed by atoms with Crippen LogP contribution >= 0.6 is 0 Å². The van der Waals surface area contributed by atoms with Crippen LogP contribution in [0.25, 0.3) is 0 Å². The third kappa shape index (κ3) is 17.0. The first-order valence-corrected chi connectivity index (χ1v) is 12.2. The SMILES string of the molecule is C=C=C(C)C(CCC=O)CC(=O)/C(=C/C=C\CNCCOCC/C=C\CC)C(=C)C(C)=O.CC.[HH]. The van der Waals surface area contributed by atoms with Crippen molar-refractivity contribution in [2.24, 2.45) is 5.92 Å². The first kappa shape index (κ1) is 33.6. The lowest BCUT2D eigenvalue weighted by Crippen LogP contribution is -2.19. The molecule has 0 aliphatic rings. The molecule has 0 aliphatic carbocycles. The molecule has 0 aromatic rings. The van der Waals surface area contributed by atoms with Crippen LogP contribution in [0.5, 0.6) is 0 Å². The second-order valence-electron chi connectivity index (χ2n) is 7.46. The van der Waals surface area contributed by atoms with Gasteiger partial charge in [-0.1, -0.05) is 64.3 Å². The number of hydrogen-bond acceptors (Lipinski definition) is 5. The summed E-state index contributed by atoms with van der Waals surface area (Å²) < 4.78 is 5.53. The number of carbonyl (C=O) groups is 3. The fourth-order valence-electron chi connectivity index (χ4n) is 2.87. The van der Waals surface area contributed by atoms with Crippen molar-refractivity contribution in [3.8, 4) is 0 Å². The van der Waals surface area contributed by atoms with Crippen molar-refractivity contribution in [1.29, 1.82) is 0 Å². The molecule has 0 aliphatic heterocycles. The summed E-state index contributed by atoms with van der Waals surface area (Å²) in [4.78, 5) is 35.5. The van der Waals surface area contributed by atoms with E-state index in [0.717, 1.165) is 31.2 Å². The van der Waals surface area contributed by atoms with Crippen molar-refractivity contribution in [3.63, 3.8) is 0 Å². The van der Waals surface area contributed by atoms with Crippen LogP contribution in [0.2, 0.25) is 0 Å². The molecule has 0 saturated carbocycles. The molecule has 0 rings (SSSR count). The molecule has 0 fully saturated rings. The number of Topliss-reactive ketones (excluding diaryl/α,β-unsaturated/α-hetero) is 2. The van der Waals surface area contributed by atoms with Crippen molar-refractivity contribution in [2.45, 2.75) is 66.7 Å². The highest BCUT2D eigenvalue weighted by molar-refractivity contribution is 6.11. The summed E-state index contributed by atoms with van der Waals surface area (Å²) in [5, 5.41) is 3.24. The maximum absolute atomic E-state index is 12.9. The molecule has 5 heteroatoms. The van der Waals surface area contributed by atoms with Gasteiger partial charge in [-0.2, -0.15) is 0 Å².